The van der Waals surface area contributed by atoms with Gasteiger partial charge in [0.15, 0.2) is 0 Å². The molecule has 0 aromatic rings. The minimum Gasteiger partial charge on any atom is -1.00 e. The van der Waals surface area contributed by atoms with Crippen LogP contribution in [0.15, 0.2) is 0 Å². The largest absolute Gasteiger partial charge is 2.00 e. The van der Waals surface area contributed by atoms with Crippen LogP contribution in [0.3, 0.4) is 0 Å². The predicted molar refractivity (Wildman–Crippen MR) is 30.7 cm³/mol. The van der Waals surface area contributed by atoms with Crippen molar-refractivity contribution in [1.29, 1.82) is 0 Å². The van der Waals surface area contributed by atoms with E-state index in [0.29, 0.717) is 13.2 Å². The zero-order chi connectivity index (χ0) is 5.54. The van der Waals surface area contributed by atoms with Crippen LogP contribution in [0.25, 0.3) is 0 Å². The maximum atomic E-state index is 8.09. The van der Waals surface area contributed by atoms with Crippen LogP contribution in [-0.4, -0.2) is 59.7 Å². The van der Waals surface area contributed by atoms with Crippen molar-refractivity contribution in [3.05, 3.63) is 0 Å². The second kappa shape index (κ2) is 22.5. The van der Waals surface area contributed by atoms with Crippen LogP contribution in [0, 0.1) is 0 Å². The van der Waals surface area contributed by atoms with Gasteiger partial charge in [-0.25, -0.2) is 0 Å². The van der Waals surface area contributed by atoms with Crippen molar-refractivity contribution < 1.29 is 39.8 Å². The Labute approximate surface area is 89.1 Å². The molecule has 6 heteroatoms. The third kappa shape index (κ3) is 22.9. The molecule has 0 fully saturated rings. The molecule has 0 unspecified atom stereocenters. The van der Waals surface area contributed by atoms with E-state index in [-0.39, 0.29) is 61.1 Å². The smallest absolute Gasteiger partial charge is 1.00 e. The van der Waals surface area contributed by atoms with E-state index in [9.17, 15) is 0 Å². The van der Waals surface area contributed by atoms with Crippen LogP contribution < -0.4 is 24.8 Å². The number of hydrogen-bond donors (Lipinski definition) is 2. The summed E-state index contributed by atoms with van der Waals surface area (Å²) in [6.45, 7) is 0.696. The number of halogens is 2. The van der Waals surface area contributed by atoms with Gasteiger partial charge in [-0.1, -0.05) is 0 Å². The van der Waals surface area contributed by atoms with Crippen molar-refractivity contribution in [2.75, 3.05) is 26.4 Å². The Morgan fingerprint density at radius 2 is 1.20 bits per heavy atom. The van der Waals surface area contributed by atoms with Gasteiger partial charge in [0.05, 0.1) is 26.4 Å². The Morgan fingerprint density at radius 3 is 1.40 bits per heavy atom. The fourth-order valence-electron chi connectivity index (χ4n) is 0.231. The predicted octanol–water partition coefficient (Wildman–Crippen LogP) is -7.39. The molecule has 0 radical (unpaired) electrons. The molecule has 0 saturated heterocycles. The Hall–Kier alpha value is 1.23. The Bertz CT molecular complexity index is 37.7. The first-order valence-electron chi connectivity index (χ1n) is 2.21. The average Bonchev–Trinajstić information content (AvgIpc) is 1.69. The summed E-state index contributed by atoms with van der Waals surface area (Å²) in [6, 6.07) is 0. The standard InChI is InChI=1S/C4H10O3.2ClH.Mg/c5-1-3-7-4-2-6;;;/h5-6H,1-4H2;2*1H;/q;;;+2/p-2. The average molecular weight is 201 g/mol. The quantitative estimate of drug-likeness (QED) is 0.351. The summed E-state index contributed by atoms with van der Waals surface area (Å²) in [5.74, 6) is 0. The van der Waals surface area contributed by atoms with Gasteiger partial charge in [-0.15, -0.1) is 0 Å². The van der Waals surface area contributed by atoms with Crippen LogP contribution in [0.5, 0.6) is 0 Å². The summed E-state index contributed by atoms with van der Waals surface area (Å²) in [6.07, 6.45) is 0. The summed E-state index contributed by atoms with van der Waals surface area (Å²) >= 11 is 0. The third-order valence-electron chi connectivity index (χ3n) is 0.471. The first-order valence-corrected chi connectivity index (χ1v) is 2.21. The molecule has 0 heterocycles. The third-order valence-corrected chi connectivity index (χ3v) is 0.471. The topological polar surface area (TPSA) is 49.7 Å². The maximum Gasteiger partial charge on any atom is 2.00 e. The second-order valence-corrected chi connectivity index (χ2v) is 1.06. The van der Waals surface area contributed by atoms with Crippen LogP contribution in [0.1, 0.15) is 0 Å². The van der Waals surface area contributed by atoms with Gasteiger partial charge < -0.3 is 39.8 Å². The SMILES string of the molecule is OCCOCCO.[Cl-].[Cl-].[Mg+2]. The van der Waals surface area contributed by atoms with E-state index in [2.05, 4.69) is 4.74 Å². The number of rotatable bonds is 4. The molecule has 0 spiro atoms. The Balaban J connectivity index is -0.0000000600. The van der Waals surface area contributed by atoms with E-state index in [0.717, 1.165) is 0 Å². The summed E-state index contributed by atoms with van der Waals surface area (Å²) < 4.78 is 4.63. The van der Waals surface area contributed by atoms with E-state index < -0.39 is 0 Å². The van der Waals surface area contributed by atoms with Crippen LogP contribution in [0.2, 0.25) is 0 Å². The molecule has 0 aromatic carbocycles. The van der Waals surface area contributed by atoms with Gasteiger partial charge >= 0.3 is 23.1 Å². The molecule has 3 nitrogen and oxygen atoms in total. The molecule has 0 aliphatic carbocycles. The monoisotopic (exact) mass is 200 g/mol. The first kappa shape index (κ1) is 22.5. The molecule has 0 aliphatic heterocycles. The Morgan fingerprint density at radius 1 is 0.900 bits per heavy atom. The first-order chi connectivity index (χ1) is 3.41. The van der Waals surface area contributed by atoms with Crippen LogP contribution in [0.4, 0.5) is 0 Å². The summed E-state index contributed by atoms with van der Waals surface area (Å²) in [5.41, 5.74) is 0. The van der Waals surface area contributed by atoms with E-state index in [1.165, 1.54) is 0 Å². The van der Waals surface area contributed by atoms with Gasteiger partial charge in [0, 0.05) is 0 Å². The van der Waals surface area contributed by atoms with Crippen molar-refractivity contribution in [3.63, 3.8) is 0 Å². The van der Waals surface area contributed by atoms with E-state index in [1.54, 1.807) is 0 Å². The van der Waals surface area contributed by atoms with E-state index in [4.69, 9.17) is 10.2 Å². The normalized spacial score (nSPS) is 6.60. The zero-order valence-electron chi connectivity index (χ0n) is 5.59. The van der Waals surface area contributed by atoms with Gasteiger partial charge in [0.2, 0.25) is 0 Å². The summed E-state index contributed by atoms with van der Waals surface area (Å²) in [4.78, 5) is 0. The molecule has 0 rings (SSSR count). The van der Waals surface area contributed by atoms with Crippen molar-refractivity contribution in [2.45, 2.75) is 0 Å². The number of aliphatic hydroxyl groups excluding tert-OH is 2. The van der Waals surface area contributed by atoms with E-state index in [1.807, 2.05) is 0 Å². The molecule has 2 N–H and O–H groups in total. The second-order valence-electron chi connectivity index (χ2n) is 1.06. The maximum absolute atomic E-state index is 8.09. The van der Waals surface area contributed by atoms with E-state index >= 15 is 0 Å². The molecular formula is C4H10Cl2MgO3. The molecule has 0 amide bonds. The fraction of sp³-hybridized carbons (Fsp3) is 1.00. The number of aliphatic hydroxyl groups is 2. The van der Waals surface area contributed by atoms with Gasteiger partial charge in [0.25, 0.3) is 0 Å². The molecule has 60 valence electrons. The molecule has 0 saturated carbocycles. The molecule has 0 aromatic heterocycles. The van der Waals surface area contributed by atoms with Crippen molar-refractivity contribution in [3.8, 4) is 0 Å². The van der Waals surface area contributed by atoms with Crippen molar-refractivity contribution in [1.82, 2.24) is 0 Å². The van der Waals surface area contributed by atoms with Crippen molar-refractivity contribution in [2.24, 2.45) is 0 Å². The number of hydrogen-bond acceptors (Lipinski definition) is 3. The van der Waals surface area contributed by atoms with Crippen LogP contribution in [-0.2, 0) is 4.74 Å². The van der Waals surface area contributed by atoms with Gasteiger partial charge in [-0.3, -0.25) is 0 Å². The molecule has 0 aliphatic rings. The van der Waals surface area contributed by atoms with Gasteiger partial charge in [-0.05, 0) is 0 Å². The molecule has 0 atom stereocenters. The van der Waals surface area contributed by atoms with Crippen LogP contribution >= 0.6 is 0 Å². The molecular weight excluding hydrogens is 191 g/mol. The summed E-state index contributed by atoms with van der Waals surface area (Å²) in [7, 11) is 0. The molecule has 10 heavy (non-hydrogen) atoms. The Kier molecular flexibility index (Phi) is 50.5. The zero-order valence-corrected chi connectivity index (χ0v) is 8.52. The van der Waals surface area contributed by atoms with Gasteiger partial charge in [-0.2, -0.15) is 0 Å². The minimum atomic E-state index is 0. The molecule has 0 bridgehead atoms. The summed E-state index contributed by atoms with van der Waals surface area (Å²) in [5, 5.41) is 16.2. The number of ether oxygens (including phenoxy) is 1. The van der Waals surface area contributed by atoms with Crippen molar-refractivity contribution >= 4 is 23.1 Å². The fourth-order valence-corrected chi connectivity index (χ4v) is 0.231. The van der Waals surface area contributed by atoms with Gasteiger partial charge in [0.1, 0.15) is 0 Å². The minimum absolute atomic E-state index is 0.